The van der Waals surface area contributed by atoms with Crippen LogP contribution in [0.1, 0.15) is 31.9 Å². The van der Waals surface area contributed by atoms with E-state index in [1.54, 1.807) is 55.7 Å². The van der Waals surface area contributed by atoms with E-state index in [0.717, 1.165) is 5.56 Å². The second-order valence-electron chi connectivity index (χ2n) is 9.31. The highest BCUT2D eigenvalue weighted by Crippen LogP contribution is 2.41. The van der Waals surface area contributed by atoms with E-state index in [2.05, 4.69) is 47.0 Å². The summed E-state index contributed by atoms with van der Waals surface area (Å²) in [6.45, 7) is 20.7. The first kappa shape index (κ1) is 25.7. The van der Waals surface area contributed by atoms with Crippen molar-refractivity contribution in [2.75, 3.05) is 18.0 Å². The summed E-state index contributed by atoms with van der Waals surface area (Å²) < 4.78 is 40.4. The topological polar surface area (TPSA) is 55.8 Å². The van der Waals surface area contributed by atoms with Crippen LogP contribution in [-0.2, 0) is 14.4 Å². The molecule has 32 heavy (non-hydrogen) atoms. The van der Waals surface area contributed by atoms with Crippen LogP contribution in [0, 0.1) is 6.92 Å². The highest BCUT2D eigenvalue weighted by atomic mass is 32.2. The first-order valence-electron chi connectivity index (χ1n) is 10.5. The molecule has 0 amide bonds. The Kier molecular flexibility index (Phi) is 7.68. The Morgan fingerprint density at radius 3 is 2.22 bits per heavy atom. The second kappa shape index (κ2) is 9.54. The van der Waals surface area contributed by atoms with Crippen LogP contribution in [0.4, 0.5) is 5.69 Å². The number of aryl methyl sites for hydroxylation is 1. The van der Waals surface area contributed by atoms with Gasteiger partial charge in [-0.15, -0.1) is 6.58 Å². The number of anilines is 1. The molecule has 0 aliphatic carbocycles. The van der Waals surface area contributed by atoms with E-state index >= 15 is 0 Å². The van der Waals surface area contributed by atoms with Crippen molar-refractivity contribution in [3.05, 3.63) is 72.8 Å². The number of hydrogen-bond acceptors (Lipinski definition) is 4. The van der Waals surface area contributed by atoms with Crippen molar-refractivity contribution < 1.29 is 17.6 Å². The van der Waals surface area contributed by atoms with Gasteiger partial charge in [-0.2, -0.15) is 0 Å². The van der Waals surface area contributed by atoms with E-state index in [4.69, 9.17) is 9.16 Å². The number of ether oxygens (including phenoxy) is 1. The largest absolute Gasteiger partial charge is 0.543 e. The summed E-state index contributed by atoms with van der Waals surface area (Å²) in [7, 11) is -4.47. The van der Waals surface area contributed by atoms with Crippen molar-refractivity contribution in [3.63, 3.8) is 0 Å². The van der Waals surface area contributed by atoms with Gasteiger partial charge in [0.1, 0.15) is 11.5 Å². The molecule has 0 aliphatic rings. The number of hydrogen-bond donors (Lipinski definition) is 0. The molecule has 0 saturated heterocycles. The third kappa shape index (κ3) is 5.45. The maximum absolute atomic E-state index is 13.6. The van der Waals surface area contributed by atoms with E-state index in [1.165, 1.54) is 4.31 Å². The molecular formula is C25H35NO4SSi. The summed E-state index contributed by atoms with van der Waals surface area (Å²) >= 11 is 0. The highest BCUT2D eigenvalue weighted by Gasteiger charge is 2.40. The molecule has 5 nitrogen and oxygen atoms in total. The van der Waals surface area contributed by atoms with Crippen molar-refractivity contribution in [3.8, 4) is 5.75 Å². The van der Waals surface area contributed by atoms with Crippen molar-refractivity contribution in [1.82, 2.24) is 0 Å². The SMILES string of the molecule is C=CCN(c1ccc(OC)cc1C(=C)O[Si](C)(C)C(C)(C)C)S(=O)(=O)c1ccc(C)cc1. The zero-order chi connectivity index (χ0) is 24.3. The van der Waals surface area contributed by atoms with Gasteiger partial charge < -0.3 is 9.16 Å². The maximum atomic E-state index is 13.6. The molecule has 7 heteroatoms. The smallest absolute Gasteiger partial charge is 0.264 e. The molecule has 2 aromatic carbocycles. The van der Waals surface area contributed by atoms with E-state index in [1.807, 2.05) is 6.92 Å². The summed E-state index contributed by atoms with van der Waals surface area (Å²) in [5, 5.41) is -0.0379. The fourth-order valence-electron chi connectivity index (χ4n) is 2.88. The summed E-state index contributed by atoms with van der Waals surface area (Å²) in [4.78, 5) is 0.211. The van der Waals surface area contributed by atoms with Crippen LogP contribution in [0.25, 0.3) is 5.76 Å². The summed E-state index contributed by atoms with van der Waals surface area (Å²) in [6, 6.07) is 12.0. The van der Waals surface area contributed by atoms with Crippen LogP contribution in [-0.4, -0.2) is 30.4 Å². The number of benzene rings is 2. The lowest BCUT2D eigenvalue weighted by Crippen LogP contribution is -2.40. The van der Waals surface area contributed by atoms with Gasteiger partial charge in [-0.05, 0) is 55.4 Å². The fourth-order valence-corrected chi connectivity index (χ4v) is 5.37. The van der Waals surface area contributed by atoms with Crippen molar-refractivity contribution in [2.24, 2.45) is 0 Å². The van der Waals surface area contributed by atoms with Gasteiger partial charge in [0.2, 0.25) is 8.32 Å². The first-order chi connectivity index (χ1) is 14.7. The van der Waals surface area contributed by atoms with Gasteiger partial charge >= 0.3 is 0 Å². The van der Waals surface area contributed by atoms with Crippen molar-refractivity contribution in [1.29, 1.82) is 0 Å². The summed E-state index contributed by atoms with van der Waals surface area (Å²) in [5.41, 5.74) is 2.03. The molecule has 174 valence electrons. The molecule has 2 aromatic rings. The van der Waals surface area contributed by atoms with Gasteiger partial charge in [0.05, 0.1) is 24.2 Å². The lowest BCUT2D eigenvalue weighted by Gasteiger charge is -2.37. The van der Waals surface area contributed by atoms with Crippen LogP contribution in [0.2, 0.25) is 18.1 Å². The Morgan fingerprint density at radius 2 is 1.72 bits per heavy atom. The molecular weight excluding hydrogens is 438 g/mol. The summed E-state index contributed by atoms with van der Waals surface area (Å²) in [6.07, 6.45) is 1.57. The lowest BCUT2D eigenvalue weighted by molar-refractivity contribution is 0.413. The average molecular weight is 474 g/mol. The molecule has 0 radical (unpaired) electrons. The molecule has 0 heterocycles. The second-order valence-corrected chi connectivity index (χ2v) is 15.9. The Bertz CT molecular complexity index is 1080. The van der Waals surface area contributed by atoms with Gasteiger partial charge in [-0.3, -0.25) is 4.31 Å². The average Bonchev–Trinajstić information content (AvgIpc) is 2.70. The van der Waals surface area contributed by atoms with Crippen LogP contribution in [0.3, 0.4) is 0 Å². The fraction of sp³-hybridized carbons (Fsp3) is 0.360. The molecule has 0 fully saturated rings. The minimum absolute atomic E-state index is 0.0379. The van der Waals surface area contributed by atoms with Crippen LogP contribution < -0.4 is 9.04 Å². The Balaban J connectivity index is 2.64. The highest BCUT2D eigenvalue weighted by molar-refractivity contribution is 7.92. The zero-order valence-corrected chi connectivity index (χ0v) is 22.0. The van der Waals surface area contributed by atoms with E-state index < -0.39 is 18.3 Å². The predicted octanol–water partition coefficient (Wildman–Crippen LogP) is 6.38. The number of nitrogens with zero attached hydrogens (tertiary/aromatic N) is 1. The Morgan fingerprint density at radius 1 is 1.12 bits per heavy atom. The van der Waals surface area contributed by atoms with Crippen LogP contribution >= 0.6 is 0 Å². The lowest BCUT2D eigenvalue weighted by atomic mass is 10.1. The van der Waals surface area contributed by atoms with E-state index in [9.17, 15) is 8.42 Å². The minimum Gasteiger partial charge on any atom is -0.543 e. The molecule has 0 N–H and O–H groups in total. The molecule has 0 aromatic heterocycles. The van der Waals surface area contributed by atoms with Crippen LogP contribution in [0.5, 0.6) is 5.75 Å². The number of rotatable bonds is 9. The van der Waals surface area contributed by atoms with Gasteiger partial charge in [-0.1, -0.05) is 51.1 Å². The number of methoxy groups -OCH3 is 1. The standard InChI is InChI=1S/C25H35NO4SSi/c1-10-17-26(31(27,28)22-14-11-19(2)12-15-22)24-16-13-21(29-7)18-23(24)20(3)30-32(8,9)25(4,5)6/h10-16,18H,1,3,17H2,2,4-9H3. The number of sulfonamides is 1. The molecule has 0 bridgehead atoms. The molecule has 0 atom stereocenters. The van der Waals surface area contributed by atoms with Crippen LogP contribution in [0.15, 0.2) is 66.6 Å². The van der Waals surface area contributed by atoms with E-state index in [-0.39, 0.29) is 16.5 Å². The molecule has 0 saturated carbocycles. The first-order valence-corrected chi connectivity index (χ1v) is 14.9. The third-order valence-electron chi connectivity index (χ3n) is 5.86. The quantitative estimate of drug-likeness (QED) is 0.241. The van der Waals surface area contributed by atoms with E-state index in [0.29, 0.717) is 22.8 Å². The Labute approximate surface area is 194 Å². The molecule has 0 aliphatic heterocycles. The van der Waals surface area contributed by atoms with Crippen molar-refractivity contribution in [2.45, 2.75) is 50.7 Å². The molecule has 0 spiro atoms. The zero-order valence-electron chi connectivity index (χ0n) is 20.2. The van der Waals surface area contributed by atoms with Gasteiger partial charge in [0.15, 0.2) is 0 Å². The molecule has 2 rings (SSSR count). The van der Waals surface area contributed by atoms with Gasteiger partial charge in [0.25, 0.3) is 10.0 Å². The van der Waals surface area contributed by atoms with Crippen molar-refractivity contribution >= 4 is 29.8 Å². The minimum atomic E-state index is -3.84. The third-order valence-corrected chi connectivity index (χ3v) is 12.0. The maximum Gasteiger partial charge on any atom is 0.264 e. The predicted molar refractivity (Wildman–Crippen MR) is 136 cm³/mol. The summed E-state index contributed by atoms with van der Waals surface area (Å²) in [5.74, 6) is 1.02. The van der Waals surface area contributed by atoms with Gasteiger partial charge in [0, 0.05) is 5.56 Å². The monoisotopic (exact) mass is 473 g/mol. The normalized spacial score (nSPS) is 12.2. The molecule has 0 unspecified atom stereocenters. The van der Waals surface area contributed by atoms with Gasteiger partial charge in [-0.25, -0.2) is 8.42 Å². The Hall–Kier alpha value is -2.51.